The number of likely N-dealkylation sites (tertiary alicyclic amines) is 1. The first-order chi connectivity index (χ1) is 9.15. The summed E-state index contributed by atoms with van der Waals surface area (Å²) in [6, 6.07) is 6.36. The van der Waals surface area contributed by atoms with E-state index < -0.39 is 0 Å². The minimum atomic E-state index is 0.105. The number of benzene rings is 1. The van der Waals surface area contributed by atoms with Crippen LogP contribution >= 0.6 is 0 Å². The van der Waals surface area contributed by atoms with Gasteiger partial charge >= 0.3 is 0 Å². The van der Waals surface area contributed by atoms with Gasteiger partial charge in [0.05, 0.1) is 0 Å². The monoisotopic (exact) mass is 261 g/mol. The lowest BCUT2D eigenvalue weighted by Gasteiger charge is -2.25. The zero-order valence-corrected chi connectivity index (χ0v) is 11.0. The molecule has 0 atom stereocenters. The van der Waals surface area contributed by atoms with Gasteiger partial charge in [-0.3, -0.25) is 9.59 Å². The summed E-state index contributed by atoms with van der Waals surface area (Å²) in [7, 11) is 0. The molecular formula is C15H19NO3. The number of piperidine rings is 1. The molecule has 1 aliphatic heterocycles. The molecule has 0 aromatic heterocycles. The number of carbonyl (C=O) groups is 2. The number of ketones is 2. The molecule has 1 aromatic carbocycles. The summed E-state index contributed by atoms with van der Waals surface area (Å²) in [5.74, 6) is 0.624. The van der Waals surface area contributed by atoms with Crippen LogP contribution in [0.4, 0.5) is 0 Å². The van der Waals surface area contributed by atoms with Gasteiger partial charge in [-0.2, -0.15) is 0 Å². The smallest absolute Gasteiger partial charge is 0.162 e. The van der Waals surface area contributed by atoms with Crippen molar-refractivity contribution < 1.29 is 14.7 Å². The van der Waals surface area contributed by atoms with Crippen molar-refractivity contribution in [2.75, 3.05) is 19.6 Å². The summed E-state index contributed by atoms with van der Waals surface area (Å²) in [5.41, 5.74) is 0.645. The molecule has 0 amide bonds. The molecule has 4 nitrogen and oxygen atoms in total. The minimum Gasteiger partial charge on any atom is -0.508 e. The Morgan fingerprint density at radius 3 is 2.42 bits per heavy atom. The van der Waals surface area contributed by atoms with E-state index in [0.29, 0.717) is 30.6 Å². The Kier molecular flexibility index (Phi) is 4.68. The third kappa shape index (κ3) is 4.17. The minimum absolute atomic E-state index is 0.105. The number of phenolic OH excluding ortho intramolecular Hbond substituents is 1. The average Bonchev–Trinajstić information content (AvgIpc) is 2.41. The van der Waals surface area contributed by atoms with Crippen LogP contribution < -0.4 is 0 Å². The van der Waals surface area contributed by atoms with Crippen LogP contribution in [0, 0.1) is 0 Å². The molecule has 0 saturated carbocycles. The SMILES string of the molecule is O=C1CCN(CCCC(=O)c2ccc(O)cc2)CC1. The fraction of sp³-hybridized carbons (Fsp3) is 0.467. The van der Waals surface area contributed by atoms with E-state index in [1.165, 1.54) is 12.1 Å². The highest BCUT2D eigenvalue weighted by atomic mass is 16.3. The maximum Gasteiger partial charge on any atom is 0.162 e. The van der Waals surface area contributed by atoms with Crippen molar-refractivity contribution in [3.8, 4) is 5.75 Å². The molecule has 0 spiro atoms. The maximum absolute atomic E-state index is 11.9. The Hall–Kier alpha value is -1.68. The molecule has 1 aromatic rings. The molecule has 1 fully saturated rings. The molecule has 1 saturated heterocycles. The first-order valence-electron chi connectivity index (χ1n) is 6.71. The van der Waals surface area contributed by atoms with Crippen LogP contribution in [-0.2, 0) is 4.79 Å². The number of rotatable bonds is 5. The number of phenols is 1. The molecule has 1 aliphatic rings. The van der Waals surface area contributed by atoms with E-state index in [1.807, 2.05) is 0 Å². The molecule has 102 valence electrons. The number of Topliss-reactive ketones (excluding diaryl/α,β-unsaturated/α-hetero) is 2. The predicted molar refractivity (Wildman–Crippen MR) is 72.4 cm³/mol. The number of carbonyl (C=O) groups excluding carboxylic acids is 2. The first kappa shape index (κ1) is 13.7. The fourth-order valence-corrected chi connectivity index (χ4v) is 2.28. The van der Waals surface area contributed by atoms with Crippen molar-refractivity contribution in [1.29, 1.82) is 0 Å². The van der Waals surface area contributed by atoms with Gasteiger partial charge in [-0.05, 0) is 37.2 Å². The number of hydrogen-bond donors (Lipinski definition) is 1. The molecule has 0 unspecified atom stereocenters. The Balaban J connectivity index is 1.72. The molecule has 4 heteroatoms. The number of nitrogens with zero attached hydrogens (tertiary/aromatic N) is 1. The first-order valence-corrected chi connectivity index (χ1v) is 6.71. The van der Waals surface area contributed by atoms with Gasteiger partial charge in [0.15, 0.2) is 5.78 Å². The summed E-state index contributed by atoms with van der Waals surface area (Å²) in [5, 5.41) is 9.16. The Morgan fingerprint density at radius 1 is 1.16 bits per heavy atom. The summed E-state index contributed by atoms with van der Waals surface area (Å²) in [6.45, 7) is 2.52. The van der Waals surface area contributed by atoms with Crippen LogP contribution in [0.5, 0.6) is 5.75 Å². The second-order valence-electron chi connectivity index (χ2n) is 4.95. The second-order valence-corrected chi connectivity index (χ2v) is 4.95. The van der Waals surface area contributed by atoms with Crippen molar-refractivity contribution in [2.45, 2.75) is 25.7 Å². The van der Waals surface area contributed by atoms with E-state index in [1.54, 1.807) is 12.1 Å². The average molecular weight is 261 g/mol. The Morgan fingerprint density at radius 2 is 1.79 bits per heavy atom. The third-order valence-electron chi connectivity index (χ3n) is 3.48. The standard InChI is InChI=1S/C15H19NO3/c17-13-5-3-12(4-6-13)15(19)2-1-9-16-10-7-14(18)8-11-16/h3-6,17H,1-2,7-11H2. The van der Waals surface area contributed by atoms with E-state index in [0.717, 1.165) is 26.1 Å². The van der Waals surface area contributed by atoms with Gasteiger partial charge in [-0.25, -0.2) is 0 Å². The van der Waals surface area contributed by atoms with Gasteiger partial charge in [0.1, 0.15) is 11.5 Å². The zero-order chi connectivity index (χ0) is 13.7. The summed E-state index contributed by atoms with van der Waals surface area (Å²) >= 11 is 0. The van der Waals surface area contributed by atoms with Gasteiger partial charge in [0.25, 0.3) is 0 Å². The van der Waals surface area contributed by atoms with E-state index in [2.05, 4.69) is 4.90 Å². The van der Waals surface area contributed by atoms with E-state index in [-0.39, 0.29) is 11.5 Å². The van der Waals surface area contributed by atoms with Gasteiger partial charge in [0, 0.05) is 37.9 Å². The lowest BCUT2D eigenvalue weighted by molar-refractivity contribution is -0.121. The Labute approximate surface area is 113 Å². The van der Waals surface area contributed by atoms with E-state index in [4.69, 9.17) is 5.11 Å². The van der Waals surface area contributed by atoms with Crippen LogP contribution in [-0.4, -0.2) is 41.2 Å². The molecule has 1 N–H and O–H groups in total. The Bertz CT molecular complexity index is 443. The topological polar surface area (TPSA) is 57.6 Å². The number of hydrogen-bond acceptors (Lipinski definition) is 4. The molecule has 1 heterocycles. The van der Waals surface area contributed by atoms with Crippen LogP contribution in [0.2, 0.25) is 0 Å². The van der Waals surface area contributed by atoms with E-state index in [9.17, 15) is 9.59 Å². The predicted octanol–water partition coefficient (Wildman–Crippen LogP) is 2.02. The van der Waals surface area contributed by atoms with Crippen LogP contribution in [0.3, 0.4) is 0 Å². The van der Waals surface area contributed by atoms with Crippen molar-refractivity contribution in [3.05, 3.63) is 29.8 Å². The molecule has 0 radical (unpaired) electrons. The highest BCUT2D eigenvalue weighted by molar-refractivity contribution is 5.96. The molecular weight excluding hydrogens is 242 g/mol. The summed E-state index contributed by atoms with van der Waals surface area (Å²) in [4.78, 5) is 25.2. The van der Waals surface area contributed by atoms with Gasteiger partial charge in [0.2, 0.25) is 0 Å². The van der Waals surface area contributed by atoms with Gasteiger partial charge < -0.3 is 10.0 Å². The molecule has 2 rings (SSSR count). The van der Waals surface area contributed by atoms with Gasteiger partial charge in [-0.1, -0.05) is 0 Å². The molecule has 19 heavy (non-hydrogen) atoms. The van der Waals surface area contributed by atoms with Crippen molar-refractivity contribution in [1.82, 2.24) is 4.90 Å². The quantitative estimate of drug-likeness (QED) is 0.824. The molecule has 0 bridgehead atoms. The van der Waals surface area contributed by atoms with Crippen LogP contribution in [0.25, 0.3) is 0 Å². The van der Waals surface area contributed by atoms with Crippen molar-refractivity contribution in [3.63, 3.8) is 0 Å². The highest BCUT2D eigenvalue weighted by Crippen LogP contribution is 2.13. The van der Waals surface area contributed by atoms with Crippen molar-refractivity contribution >= 4 is 11.6 Å². The van der Waals surface area contributed by atoms with Crippen molar-refractivity contribution in [2.24, 2.45) is 0 Å². The second kappa shape index (κ2) is 6.48. The summed E-state index contributed by atoms with van der Waals surface area (Å²) < 4.78 is 0. The zero-order valence-electron chi connectivity index (χ0n) is 11.0. The fourth-order valence-electron chi connectivity index (χ4n) is 2.28. The van der Waals surface area contributed by atoms with Gasteiger partial charge in [-0.15, -0.1) is 0 Å². The maximum atomic E-state index is 11.9. The van der Waals surface area contributed by atoms with Crippen LogP contribution in [0.15, 0.2) is 24.3 Å². The van der Waals surface area contributed by atoms with E-state index >= 15 is 0 Å². The highest BCUT2D eigenvalue weighted by Gasteiger charge is 2.15. The lowest BCUT2D eigenvalue weighted by atomic mass is 10.1. The largest absolute Gasteiger partial charge is 0.508 e. The summed E-state index contributed by atoms with van der Waals surface area (Å²) in [6.07, 6.45) is 2.61. The lowest BCUT2D eigenvalue weighted by Crippen LogP contribution is -2.34. The van der Waals surface area contributed by atoms with Crippen LogP contribution in [0.1, 0.15) is 36.0 Å². The third-order valence-corrected chi connectivity index (χ3v) is 3.48. The molecule has 0 aliphatic carbocycles. The normalized spacial score (nSPS) is 16.5. The number of aromatic hydroxyl groups is 1.